The number of aromatic hydroxyl groups is 1. The Morgan fingerprint density at radius 1 is 1.00 bits per heavy atom. The molecule has 212 valence electrons. The van der Waals surface area contributed by atoms with Crippen molar-refractivity contribution in [1.29, 1.82) is 0 Å². The molecule has 2 N–H and O–H groups in total. The molecule has 0 bridgehead atoms. The fraction of sp³-hybridized carbons (Fsp3) is 0.290. The summed E-state index contributed by atoms with van der Waals surface area (Å²) in [5.41, 5.74) is 2.95. The number of nitrogens with zero attached hydrogens (tertiary/aromatic N) is 3. The number of ether oxygens (including phenoxy) is 1. The number of nitrogens with one attached hydrogen (secondary N) is 1. The average Bonchev–Trinajstić information content (AvgIpc) is 2.96. The fourth-order valence-electron chi connectivity index (χ4n) is 5.53. The molecule has 0 atom stereocenters. The van der Waals surface area contributed by atoms with Crippen LogP contribution >= 0.6 is 0 Å². The maximum Gasteiger partial charge on any atom is 0.264 e. The van der Waals surface area contributed by atoms with Crippen LogP contribution in [0, 0.1) is 0 Å². The van der Waals surface area contributed by atoms with E-state index in [0.717, 1.165) is 11.4 Å². The normalized spacial score (nSPS) is 15.9. The Morgan fingerprint density at radius 2 is 1.78 bits per heavy atom. The van der Waals surface area contributed by atoms with Gasteiger partial charge in [0.1, 0.15) is 16.4 Å². The SMILES string of the molecule is COc1cc(C2CCC2)ccc1N1CCN(C(=O)c2ccc(NS(=O)(=O)c3cccc4cccnc34)c(O)c2)CC1. The summed E-state index contributed by atoms with van der Waals surface area (Å²) < 4.78 is 34.4. The fourth-order valence-corrected chi connectivity index (χ4v) is 6.78. The zero-order valence-corrected chi connectivity index (χ0v) is 23.6. The van der Waals surface area contributed by atoms with Gasteiger partial charge in [0, 0.05) is 43.3 Å². The van der Waals surface area contributed by atoms with Crippen LogP contribution in [0.4, 0.5) is 11.4 Å². The first-order chi connectivity index (χ1) is 19.8. The Morgan fingerprint density at radius 3 is 2.49 bits per heavy atom. The number of para-hydroxylation sites is 1. The van der Waals surface area contributed by atoms with E-state index in [4.69, 9.17) is 4.74 Å². The molecule has 6 rings (SSSR count). The predicted molar refractivity (Wildman–Crippen MR) is 158 cm³/mol. The molecule has 1 aromatic heterocycles. The van der Waals surface area contributed by atoms with Gasteiger partial charge in [-0.05, 0) is 66.8 Å². The number of anilines is 2. The molecular formula is C31H32N4O5S. The maximum absolute atomic E-state index is 13.3. The molecule has 1 saturated carbocycles. The zero-order valence-electron chi connectivity index (χ0n) is 22.8. The molecule has 1 aliphatic carbocycles. The second kappa shape index (κ2) is 10.9. The van der Waals surface area contributed by atoms with Crippen LogP contribution in [0.5, 0.6) is 11.5 Å². The lowest BCUT2D eigenvalue weighted by Gasteiger charge is -2.37. The van der Waals surface area contributed by atoms with Crippen LogP contribution in [0.3, 0.4) is 0 Å². The van der Waals surface area contributed by atoms with Crippen molar-refractivity contribution in [3.63, 3.8) is 0 Å². The molecule has 10 heteroatoms. The number of hydrogen-bond donors (Lipinski definition) is 2. The van der Waals surface area contributed by atoms with Gasteiger partial charge in [-0.3, -0.25) is 14.5 Å². The molecule has 4 aromatic rings. The highest BCUT2D eigenvalue weighted by Gasteiger charge is 2.27. The Balaban J connectivity index is 1.13. The van der Waals surface area contributed by atoms with Crippen molar-refractivity contribution in [1.82, 2.24) is 9.88 Å². The number of piperazine rings is 1. The van der Waals surface area contributed by atoms with Crippen LogP contribution in [-0.4, -0.2) is 62.6 Å². The number of carbonyl (C=O) groups is 1. The van der Waals surface area contributed by atoms with Gasteiger partial charge in [-0.1, -0.05) is 30.7 Å². The molecule has 1 saturated heterocycles. The van der Waals surface area contributed by atoms with Crippen molar-refractivity contribution in [2.45, 2.75) is 30.1 Å². The van der Waals surface area contributed by atoms with Gasteiger partial charge in [0.15, 0.2) is 0 Å². The van der Waals surface area contributed by atoms with Gasteiger partial charge in [-0.15, -0.1) is 0 Å². The average molecular weight is 573 g/mol. The van der Waals surface area contributed by atoms with Gasteiger partial charge in [-0.25, -0.2) is 8.42 Å². The summed E-state index contributed by atoms with van der Waals surface area (Å²) in [6.07, 6.45) is 5.27. The summed E-state index contributed by atoms with van der Waals surface area (Å²) in [5.74, 6) is 0.930. The van der Waals surface area contributed by atoms with E-state index < -0.39 is 10.0 Å². The number of rotatable bonds is 7. The number of phenols is 1. The topological polar surface area (TPSA) is 112 Å². The van der Waals surface area contributed by atoms with Gasteiger partial charge in [0.25, 0.3) is 15.9 Å². The molecule has 0 unspecified atom stereocenters. The third-order valence-corrected chi connectivity index (χ3v) is 9.46. The highest BCUT2D eigenvalue weighted by atomic mass is 32.2. The second-order valence-corrected chi connectivity index (χ2v) is 12.2. The monoisotopic (exact) mass is 572 g/mol. The lowest BCUT2D eigenvalue weighted by atomic mass is 9.80. The number of hydrogen-bond acceptors (Lipinski definition) is 7. The Kier molecular flexibility index (Phi) is 7.17. The van der Waals surface area contributed by atoms with Gasteiger partial charge in [0.05, 0.1) is 24.0 Å². The summed E-state index contributed by atoms with van der Waals surface area (Å²) in [5, 5.41) is 11.3. The smallest absolute Gasteiger partial charge is 0.264 e. The van der Waals surface area contributed by atoms with Crippen molar-refractivity contribution in [3.8, 4) is 11.5 Å². The van der Waals surface area contributed by atoms with Crippen LogP contribution in [0.1, 0.15) is 41.1 Å². The summed E-state index contributed by atoms with van der Waals surface area (Å²) in [6, 6.07) is 19.1. The third kappa shape index (κ3) is 5.27. The Bertz CT molecular complexity index is 1710. The van der Waals surface area contributed by atoms with Crippen molar-refractivity contribution in [3.05, 3.63) is 84.1 Å². The van der Waals surface area contributed by atoms with Crippen LogP contribution < -0.4 is 14.4 Å². The molecular weight excluding hydrogens is 540 g/mol. The lowest BCUT2D eigenvalue weighted by Crippen LogP contribution is -2.48. The molecule has 0 spiro atoms. The summed E-state index contributed by atoms with van der Waals surface area (Å²) in [4.78, 5) is 21.4. The molecule has 2 heterocycles. The van der Waals surface area contributed by atoms with Crippen LogP contribution in [-0.2, 0) is 10.0 Å². The molecule has 9 nitrogen and oxygen atoms in total. The number of aromatic nitrogens is 1. The largest absolute Gasteiger partial charge is 0.506 e. The minimum absolute atomic E-state index is 0.00216. The standard InChI is InChI=1S/C31H32N4O5S/c1-40-28-20-23(21-5-2-6-21)11-13-26(28)34-15-17-35(18-16-34)31(37)24-10-12-25(27(36)19-24)33-41(38,39)29-9-3-7-22-8-4-14-32-30(22)29/h3-4,7-14,19-21,33,36H,2,5-6,15-18H2,1H3. The highest BCUT2D eigenvalue weighted by molar-refractivity contribution is 7.93. The predicted octanol–water partition coefficient (Wildman–Crippen LogP) is 4.98. The second-order valence-electron chi connectivity index (χ2n) is 10.5. The van der Waals surface area contributed by atoms with E-state index in [1.54, 1.807) is 36.3 Å². The summed E-state index contributed by atoms with van der Waals surface area (Å²) >= 11 is 0. The van der Waals surface area contributed by atoms with Crippen molar-refractivity contribution >= 4 is 38.2 Å². The number of methoxy groups -OCH3 is 1. The Labute approximate surface area is 239 Å². The van der Waals surface area contributed by atoms with Gasteiger partial charge >= 0.3 is 0 Å². The van der Waals surface area contributed by atoms with Gasteiger partial charge in [0.2, 0.25) is 0 Å². The van der Waals surface area contributed by atoms with Gasteiger partial charge in [-0.2, -0.15) is 0 Å². The van der Waals surface area contributed by atoms with E-state index in [2.05, 4.69) is 32.8 Å². The number of phenolic OH excluding ortho intramolecular Hbond substituents is 1. The van der Waals surface area contributed by atoms with E-state index in [0.29, 0.717) is 43.0 Å². The number of pyridine rings is 1. The minimum Gasteiger partial charge on any atom is -0.506 e. The van der Waals surface area contributed by atoms with E-state index in [9.17, 15) is 18.3 Å². The maximum atomic E-state index is 13.3. The van der Waals surface area contributed by atoms with Crippen LogP contribution in [0.25, 0.3) is 10.9 Å². The van der Waals surface area contributed by atoms with E-state index in [-0.39, 0.29) is 27.8 Å². The Hall–Kier alpha value is -4.31. The minimum atomic E-state index is -4.04. The van der Waals surface area contributed by atoms with Crippen LogP contribution in [0.15, 0.2) is 77.8 Å². The highest BCUT2D eigenvalue weighted by Crippen LogP contribution is 2.40. The first-order valence-corrected chi connectivity index (χ1v) is 15.2. The number of fused-ring (bicyclic) bond motifs is 1. The molecule has 3 aromatic carbocycles. The molecule has 0 radical (unpaired) electrons. The summed E-state index contributed by atoms with van der Waals surface area (Å²) in [6.45, 7) is 2.31. The first kappa shape index (κ1) is 26.9. The third-order valence-electron chi connectivity index (χ3n) is 8.06. The molecule has 41 heavy (non-hydrogen) atoms. The van der Waals surface area contributed by atoms with Crippen LogP contribution in [0.2, 0.25) is 0 Å². The van der Waals surface area contributed by atoms with Gasteiger partial charge < -0.3 is 19.6 Å². The number of carbonyl (C=O) groups excluding carboxylic acids is 1. The van der Waals surface area contributed by atoms with Crippen molar-refractivity contribution < 1.29 is 23.1 Å². The molecule has 1 amide bonds. The first-order valence-electron chi connectivity index (χ1n) is 13.8. The zero-order chi connectivity index (χ0) is 28.6. The molecule has 2 aliphatic rings. The van der Waals surface area contributed by atoms with Crippen molar-refractivity contribution in [2.24, 2.45) is 0 Å². The molecule has 2 fully saturated rings. The molecule has 1 aliphatic heterocycles. The number of sulfonamides is 1. The van der Waals surface area contributed by atoms with E-state index in [1.165, 1.54) is 55.3 Å². The quantitative estimate of drug-likeness (QED) is 0.301. The number of amides is 1. The number of benzene rings is 3. The summed E-state index contributed by atoms with van der Waals surface area (Å²) in [7, 11) is -2.35. The van der Waals surface area contributed by atoms with Crippen molar-refractivity contribution in [2.75, 3.05) is 42.9 Å². The lowest BCUT2D eigenvalue weighted by molar-refractivity contribution is 0.0746. The van der Waals surface area contributed by atoms with E-state index in [1.807, 2.05) is 0 Å². The van der Waals surface area contributed by atoms with E-state index >= 15 is 0 Å².